The summed E-state index contributed by atoms with van der Waals surface area (Å²) in [5, 5.41) is 0.0644. The van der Waals surface area contributed by atoms with Gasteiger partial charge in [0, 0.05) is 0 Å². The summed E-state index contributed by atoms with van der Waals surface area (Å²) in [7, 11) is -0.620. The molecule has 0 aliphatic heterocycles. The molecular weight excluding hydrogens is 304 g/mol. The van der Waals surface area contributed by atoms with Crippen LogP contribution in [0.4, 0.5) is 0 Å². The first kappa shape index (κ1) is 19.7. The van der Waals surface area contributed by atoms with Crippen molar-refractivity contribution in [1.29, 1.82) is 0 Å². The second-order valence-corrected chi connectivity index (χ2v) is 12.1. The number of carbonyl (C=O) groups excluding carboxylic acids is 1. The van der Waals surface area contributed by atoms with E-state index in [9.17, 15) is 4.79 Å². The maximum Gasteiger partial charge on any atom is 0.311 e. The lowest BCUT2D eigenvalue weighted by atomic mass is 9.93. The lowest BCUT2D eigenvalue weighted by Crippen LogP contribution is -2.44. The molecule has 0 heterocycles. The van der Waals surface area contributed by atoms with E-state index in [4.69, 9.17) is 9.16 Å². The maximum atomic E-state index is 12.3. The molecule has 0 aliphatic carbocycles. The van der Waals surface area contributed by atoms with Gasteiger partial charge in [0.1, 0.15) is 0 Å². The molecular formula is C19H30O3Si. The van der Waals surface area contributed by atoms with E-state index >= 15 is 0 Å². The topological polar surface area (TPSA) is 35.5 Å². The van der Waals surface area contributed by atoms with Crippen molar-refractivity contribution in [1.82, 2.24) is 0 Å². The van der Waals surface area contributed by atoms with Gasteiger partial charge >= 0.3 is 5.97 Å². The van der Waals surface area contributed by atoms with Crippen molar-refractivity contribution in [3.05, 3.63) is 48.6 Å². The molecule has 1 aromatic rings. The normalized spacial score (nSPS) is 14.9. The molecule has 0 fully saturated rings. The minimum Gasteiger partial charge on any atom is -0.469 e. The molecule has 0 saturated heterocycles. The number of ether oxygens (including phenoxy) is 1. The van der Waals surface area contributed by atoms with E-state index in [0.717, 1.165) is 5.56 Å². The third kappa shape index (κ3) is 5.04. The van der Waals surface area contributed by atoms with E-state index in [1.54, 1.807) is 6.08 Å². The van der Waals surface area contributed by atoms with Gasteiger partial charge in [-0.15, -0.1) is 6.58 Å². The molecule has 2 atom stereocenters. The highest BCUT2D eigenvalue weighted by Gasteiger charge is 2.42. The molecule has 0 N–H and O–H groups in total. The third-order valence-electron chi connectivity index (χ3n) is 4.65. The number of methoxy groups -OCH3 is 1. The number of allylic oxidation sites excluding steroid dienone is 1. The van der Waals surface area contributed by atoms with Crippen LogP contribution in [0.3, 0.4) is 0 Å². The molecule has 1 rings (SSSR count). The van der Waals surface area contributed by atoms with Gasteiger partial charge in [0.15, 0.2) is 8.32 Å². The highest BCUT2D eigenvalue weighted by atomic mass is 28.4. The molecule has 0 aliphatic rings. The Balaban J connectivity index is 3.26. The Bertz CT molecular complexity index is 517. The summed E-state index contributed by atoms with van der Waals surface area (Å²) in [6.07, 6.45) is 1.97. The quantitative estimate of drug-likeness (QED) is 0.395. The van der Waals surface area contributed by atoms with Gasteiger partial charge in [-0.1, -0.05) is 57.2 Å². The van der Waals surface area contributed by atoms with Crippen LogP contribution in [0.2, 0.25) is 18.1 Å². The second kappa shape index (κ2) is 7.93. The number of hydrogen-bond acceptors (Lipinski definition) is 3. The standard InChI is InChI=1S/C19H30O3Si/c1-8-12-16(18(20)21-5)17(15-13-10-9-11-14-15)22-23(6,7)19(2,3)4/h8-11,13-14,16-17H,1,12H2,2-7H3/t16-,17-/m1/s1. The lowest BCUT2D eigenvalue weighted by Gasteiger charge is -2.41. The number of esters is 1. The van der Waals surface area contributed by atoms with Crippen molar-refractivity contribution >= 4 is 14.3 Å². The Labute approximate surface area is 141 Å². The van der Waals surface area contributed by atoms with Crippen molar-refractivity contribution in [3.63, 3.8) is 0 Å². The molecule has 0 bridgehead atoms. The smallest absolute Gasteiger partial charge is 0.311 e. The van der Waals surface area contributed by atoms with Crippen molar-refractivity contribution in [3.8, 4) is 0 Å². The molecule has 0 amide bonds. The highest BCUT2D eigenvalue weighted by molar-refractivity contribution is 6.74. The Morgan fingerprint density at radius 2 is 1.83 bits per heavy atom. The average Bonchev–Trinajstić information content (AvgIpc) is 2.49. The van der Waals surface area contributed by atoms with Gasteiger partial charge in [-0.25, -0.2) is 0 Å². The SMILES string of the molecule is C=CC[C@@H](C(=O)OC)[C@H](O[Si](C)(C)C(C)(C)C)c1ccccc1. The monoisotopic (exact) mass is 334 g/mol. The fourth-order valence-electron chi connectivity index (χ4n) is 2.19. The van der Waals surface area contributed by atoms with E-state index < -0.39 is 8.32 Å². The first-order valence-electron chi connectivity index (χ1n) is 8.05. The van der Waals surface area contributed by atoms with Crippen LogP contribution < -0.4 is 0 Å². The predicted octanol–water partition coefficient (Wildman–Crippen LogP) is 5.11. The van der Waals surface area contributed by atoms with Gasteiger partial charge in [0.2, 0.25) is 0 Å². The van der Waals surface area contributed by atoms with Crippen molar-refractivity contribution < 1.29 is 14.0 Å². The Hall–Kier alpha value is -1.39. The van der Waals surface area contributed by atoms with Crippen LogP contribution >= 0.6 is 0 Å². The summed E-state index contributed by atoms with van der Waals surface area (Å²) in [6.45, 7) is 14.8. The zero-order valence-electron chi connectivity index (χ0n) is 15.3. The van der Waals surface area contributed by atoms with E-state index in [0.29, 0.717) is 6.42 Å². The van der Waals surface area contributed by atoms with Crippen LogP contribution in [-0.2, 0) is 14.0 Å². The summed E-state index contributed by atoms with van der Waals surface area (Å²) in [5.74, 6) is -0.633. The van der Waals surface area contributed by atoms with Gasteiger partial charge < -0.3 is 9.16 Å². The third-order valence-corrected chi connectivity index (χ3v) is 9.10. The summed E-state index contributed by atoms with van der Waals surface area (Å²) in [6, 6.07) is 9.93. The molecule has 0 unspecified atom stereocenters. The van der Waals surface area contributed by atoms with E-state index in [2.05, 4.69) is 40.4 Å². The predicted molar refractivity (Wildman–Crippen MR) is 97.8 cm³/mol. The fourth-order valence-corrected chi connectivity index (χ4v) is 3.48. The van der Waals surface area contributed by atoms with Crippen LogP contribution in [0.5, 0.6) is 0 Å². The molecule has 0 aromatic heterocycles. The Morgan fingerprint density at radius 3 is 2.26 bits per heavy atom. The molecule has 23 heavy (non-hydrogen) atoms. The van der Waals surface area contributed by atoms with Gasteiger partial charge in [-0.3, -0.25) is 4.79 Å². The first-order valence-corrected chi connectivity index (χ1v) is 11.0. The van der Waals surface area contributed by atoms with Crippen LogP contribution in [0, 0.1) is 5.92 Å². The van der Waals surface area contributed by atoms with Crippen LogP contribution in [0.1, 0.15) is 38.9 Å². The molecule has 0 radical (unpaired) electrons. The van der Waals surface area contributed by atoms with Gasteiger partial charge in [0.05, 0.1) is 19.1 Å². The fraction of sp³-hybridized carbons (Fsp3) is 0.526. The molecule has 3 nitrogen and oxygen atoms in total. The summed E-state index contributed by atoms with van der Waals surface area (Å²) < 4.78 is 11.6. The minimum absolute atomic E-state index is 0.0644. The van der Waals surface area contributed by atoms with Gasteiger partial charge in [-0.05, 0) is 30.1 Å². The van der Waals surface area contributed by atoms with E-state index in [-0.39, 0.29) is 23.0 Å². The van der Waals surface area contributed by atoms with Gasteiger partial charge in [0.25, 0.3) is 0 Å². The highest BCUT2D eigenvalue weighted by Crippen LogP contribution is 2.42. The first-order chi connectivity index (χ1) is 10.6. The number of benzene rings is 1. The lowest BCUT2D eigenvalue weighted by molar-refractivity contribution is -0.149. The van der Waals surface area contributed by atoms with Crippen LogP contribution in [-0.4, -0.2) is 21.4 Å². The molecule has 0 saturated carbocycles. The second-order valence-electron chi connectivity index (χ2n) is 7.36. The van der Waals surface area contributed by atoms with Crippen molar-refractivity contribution in [2.24, 2.45) is 5.92 Å². The average molecular weight is 335 g/mol. The Morgan fingerprint density at radius 1 is 1.26 bits per heavy atom. The maximum absolute atomic E-state index is 12.3. The largest absolute Gasteiger partial charge is 0.469 e. The van der Waals surface area contributed by atoms with Crippen molar-refractivity contribution in [2.45, 2.75) is 51.4 Å². The molecule has 4 heteroatoms. The van der Waals surface area contributed by atoms with E-state index in [1.807, 2.05) is 30.3 Å². The van der Waals surface area contributed by atoms with Crippen molar-refractivity contribution in [2.75, 3.05) is 7.11 Å². The summed E-state index contributed by atoms with van der Waals surface area (Å²) in [4.78, 5) is 12.3. The molecule has 128 valence electrons. The number of rotatable bonds is 7. The van der Waals surface area contributed by atoms with E-state index in [1.165, 1.54) is 7.11 Å². The number of carbonyl (C=O) groups is 1. The van der Waals surface area contributed by atoms with Crippen LogP contribution in [0.25, 0.3) is 0 Å². The summed E-state index contributed by atoms with van der Waals surface area (Å²) >= 11 is 0. The van der Waals surface area contributed by atoms with Gasteiger partial charge in [-0.2, -0.15) is 0 Å². The minimum atomic E-state index is -2.04. The molecule has 1 aromatic carbocycles. The zero-order chi connectivity index (χ0) is 17.7. The van der Waals surface area contributed by atoms with Crippen LogP contribution in [0.15, 0.2) is 43.0 Å². The summed E-state index contributed by atoms with van der Waals surface area (Å²) in [5.41, 5.74) is 1.01. The zero-order valence-corrected chi connectivity index (χ0v) is 16.3. The molecule has 0 spiro atoms. The number of hydrogen-bond donors (Lipinski definition) is 0. The Kier molecular flexibility index (Phi) is 6.78.